The highest BCUT2D eigenvalue weighted by molar-refractivity contribution is 5.26. The van der Waals surface area contributed by atoms with Crippen LogP contribution in [0.4, 0.5) is 13.2 Å². The molecule has 114 valence electrons. The number of rotatable bonds is 7. The van der Waals surface area contributed by atoms with Crippen molar-refractivity contribution in [2.45, 2.75) is 18.3 Å². The molecule has 4 nitrogen and oxygen atoms in total. The lowest BCUT2D eigenvalue weighted by Gasteiger charge is -2.18. The number of halogens is 3. The highest BCUT2D eigenvalue weighted by atomic mass is 19.4. The van der Waals surface area contributed by atoms with Gasteiger partial charge in [0.25, 0.3) is 0 Å². The van der Waals surface area contributed by atoms with Crippen LogP contribution in [0.1, 0.15) is 17.2 Å². The summed E-state index contributed by atoms with van der Waals surface area (Å²) in [4.78, 5) is 0. The van der Waals surface area contributed by atoms with Crippen molar-refractivity contribution >= 4 is 0 Å². The Morgan fingerprint density at radius 3 is 2.30 bits per heavy atom. The summed E-state index contributed by atoms with van der Waals surface area (Å²) in [7, 11) is 1.48. The molecule has 0 amide bonds. The van der Waals surface area contributed by atoms with Gasteiger partial charge in [-0.1, -0.05) is 12.1 Å². The van der Waals surface area contributed by atoms with E-state index in [9.17, 15) is 18.3 Å². The maximum atomic E-state index is 12.4. The van der Waals surface area contributed by atoms with Crippen LogP contribution >= 0.6 is 0 Å². The Hall–Kier alpha value is -1.15. The Bertz CT molecular complexity index is 395. The summed E-state index contributed by atoms with van der Waals surface area (Å²) in [6.45, 7) is 0.226. The molecule has 0 heterocycles. The van der Waals surface area contributed by atoms with Crippen LogP contribution in [-0.2, 0) is 10.9 Å². The second kappa shape index (κ2) is 7.58. The summed E-state index contributed by atoms with van der Waals surface area (Å²) < 4.78 is 42.0. The van der Waals surface area contributed by atoms with Gasteiger partial charge in [-0.2, -0.15) is 13.2 Å². The zero-order chi connectivity index (χ0) is 15.2. The third-order valence-electron chi connectivity index (χ3n) is 2.81. The van der Waals surface area contributed by atoms with Gasteiger partial charge in [0.2, 0.25) is 0 Å². The van der Waals surface area contributed by atoms with Crippen molar-refractivity contribution in [1.82, 2.24) is 5.32 Å². The van der Waals surface area contributed by atoms with E-state index in [1.54, 1.807) is 0 Å². The van der Waals surface area contributed by atoms with Crippen LogP contribution in [0.5, 0.6) is 0 Å². The molecular formula is C13H18F3NO3. The van der Waals surface area contributed by atoms with Crippen LogP contribution in [0.3, 0.4) is 0 Å². The molecule has 0 saturated heterocycles. The highest BCUT2D eigenvalue weighted by Crippen LogP contribution is 2.29. The molecule has 1 aromatic carbocycles. The lowest BCUT2D eigenvalue weighted by molar-refractivity contribution is -0.137. The monoisotopic (exact) mass is 293 g/mol. The van der Waals surface area contributed by atoms with Crippen molar-refractivity contribution < 1.29 is 28.1 Å². The molecule has 20 heavy (non-hydrogen) atoms. The van der Waals surface area contributed by atoms with Crippen molar-refractivity contribution in [2.75, 3.05) is 26.9 Å². The number of alkyl halides is 3. The molecule has 0 spiro atoms. The Labute approximate surface area is 115 Å². The third-order valence-corrected chi connectivity index (χ3v) is 2.81. The fourth-order valence-corrected chi connectivity index (χ4v) is 1.67. The van der Waals surface area contributed by atoms with E-state index < -0.39 is 17.8 Å². The molecule has 0 saturated carbocycles. The van der Waals surface area contributed by atoms with Gasteiger partial charge in [-0.05, 0) is 17.7 Å². The number of aliphatic hydroxyl groups excluding tert-OH is 2. The van der Waals surface area contributed by atoms with Crippen LogP contribution in [0.2, 0.25) is 0 Å². The molecule has 0 aromatic heterocycles. The summed E-state index contributed by atoms with van der Waals surface area (Å²) >= 11 is 0. The normalized spacial score (nSPS) is 15.1. The first-order valence-electron chi connectivity index (χ1n) is 6.07. The number of hydrogen-bond donors (Lipinski definition) is 3. The van der Waals surface area contributed by atoms with Crippen molar-refractivity contribution in [3.8, 4) is 0 Å². The predicted molar refractivity (Wildman–Crippen MR) is 67.2 cm³/mol. The smallest absolute Gasteiger partial charge is 0.395 e. The van der Waals surface area contributed by atoms with Crippen LogP contribution in [0.15, 0.2) is 24.3 Å². The van der Waals surface area contributed by atoms with Gasteiger partial charge in [0.15, 0.2) is 0 Å². The van der Waals surface area contributed by atoms with E-state index in [0.717, 1.165) is 12.1 Å². The van der Waals surface area contributed by atoms with Gasteiger partial charge in [-0.3, -0.25) is 0 Å². The maximum Gasteiger partial charge on any atom is 0.416 e. The zero-order valence-corrected chi connectivity index (χ0v) is 11.0. The minimum atomic E-state index is -4.39. The Morgan fingerprint density at radius 2 is 1.85 bits per heavy atom. The van der Waals surface area contributed by atoms with Gasteiger partial charge in [0, 0.05) is 13.7 Å². The van der Waals surface area contributed by atoms with Gasteiger partial charge >= 0.3 is 6.18 Å². The standard InChI is InChI=1S/C13H18F3NO3/c1-20-8-11(7-18)17-6-12(19)9-2-4-10(5-3-9)13(14,15)16/h2-5,11-12,17-19H,6-8H2,1H3. The van der Waals surface area contributed by atoms with E-state index in [1.807, 2.05) is 0 Å². The molecule has 2 unspecified atom stereocenters. The molecule has 0 aliphatic carbocycles. The van der Waals surface area contributed by atoms with Gasteiger partial charge < -0.3 is 20.3 Å². The average molecular weight is 293 g/mol. The first kappa shape index (κ1) is 16.9. The Kier molecular flexibility index (Phi) is 6.41. The number of hydrogen-bond acceptors (Lipinski definition) is 4. The topological polar surface area (TPSA) is 61.7 Å². The molecule has 1 rings (SSSR count). The van der Waals surface area contributed by atoms with Gasteiger partial charge in [-0.15, -0.1) is 0 Å². The van der Waals surface area contributed by atoms with E-state index >= 15 is 0 Å². The van der Waals surface area contributed by atoms with Crippen LogP contribution in [0, 0.1) is 0 Å². The molecule has 0 bridgehead atoms. The number of benzene rings is 1. The molecule has 0 aliphatic heterocycles. The fourth-order valence-electron chi connectivity index (χ4n) is 1.67. The number of nitrogens with one attached hydrogen (secondary N) is 1. The summed E-state index contributed by atoms with van der Waals surface area (Å²) in [6, 6.07) is 4.00. The molecule has 0 radical (unpaired) electrons. The van der Waals surface area contributed by atoms with E-state index in [4.69, 9.17) is 9.84 Å². The average Bonchev–Trinajstić information content (AvgIpc) is 2.42. The van der Waals surface area contributed by atoms with Crippen molar-refractivity contribution in [3.63, 3.8) is 0 Å². The summed E-state index contributed by atoms with van der Waals surface area (Å²) in [5.74, 6) is 0. The molecule has 2 atom stereocenters. The van der Waals surface area contributed by atoms with Crippen molar-refractivity contribution in [1.29, 1.82) is 0 Å². The first-order valence-corrected chi connectivity index (χ1v) is 6.07. The quantitative estimate of drug-likeness (QED) is 0.710. The maximum absolute atomic E-state index is 12.4. The molecule has 1 aromatic rings. The second-order valence-corrected chi connectivity index (χ2v) is 4.38. The second-order valence-electron chi connectivity index (χ2n) is 4.38. The molecular weight excluding hydrogens is 275 g/mol. The minimum absolute atomic E-state index is 0.111. The Morgan fingerprint density at radius 1 is 1.25 bits per heavy atom. The minimum Gasteiger partial charge on any atom is -0.395 e. The highest BCUT2D eigenvalue weighted by Gasteiger charge is 2.30. The largest absolute Gasteiger partial charge is 0.416 e. The van der Waals surface area contributed by atoms with Crippen LogP contribution in [0.25, 0.3) is 0 Å². The number of methoxy groups -OCH3 is 1. The lowest BCUT2D eigenvalue weighted by Crippen LogP contribution is -2.38. The summed E-state index contributed by atoms with van der Waals surface area (Å²) in [5, 5.41) is 21.7. The predicted octanol–water partition coefficient (Wildman–Crippen LogP) is 1.34. The number of aliphatic hydroxyl groups is 2. The van der Waals surface area contributed by atoms with Crippen molar-refractivity contribution in [3.05, 3.63) is 35.4 Å². The van der Waals surface area contributed by atoms with Gasteiger partial charge in [0.1, 0.15) is 0 Å². The SMILES string of the molecule is COCC(CO)NCC(O)c1ccc(C(F)(F)F)cc1. The molecule has 0 aliphatic rings. The van der Waals surface area contributed by atoms with E-state index in [2.05, 4.69) is 5.32 Å². The zero-order valence-electron chi connectivity index (χ0n) is 11.0. The van der Waals surface area contributed by atoms with E-state index in [1.165, 1.54) is 19.2 Å². The lowest BCUT2D eigenvalue weighted by atomic mass is 10.1. The van der Waals surface area contributed by atoms with Crippen molar-refractivity contribution in [2.24, 2.45) is 0 Å². The summed E-state index contributed by atoms with van der Waals surface area (Å²) in [5.41, 5.74) is -0.381. The van der Waals surface area contributed by atoms with Gasteiger partial charge in [0.05, 0.1) is 30.9 Å². The molecule has 3 N–H and O–H groups in total. The van der Waals surface area contributed by atoms with E-state index in [0.29, 0.717) is 5.56 Å². The van der Waals surface area contributed by atoms with E-state index in [-0.39, 0.29) is 25.8 Å². The van der Waals surface area contributed by atoms with Crippen LogP contribution < -0.4 is 5.32 Å². The van der Waals surface area contributed by atoms with Gasteiger partial charge in [-0.25, -0.2) is 0 Å². The third kappa shape index (κ3) is 5.09. The summed E-state index contributed by atoms with van der Waals surface area (Å²) in [6.07, 6.45) is -5.34. The fraction of sp³-hybridized carbons (Fsp3) is 0.538. The number of ether oxygens (including phenoxy) is 1. The molecule has 7 heteroatoms. The van der Waals surface area contributed by atoms with Crippen LogP contribution in [-0.4, -0.2) is 43.1 Å². The Balaban J connectivity index is 2.57. The molecule has 0 fully saturated rings. The first-order chi connectivity index (χ1) is 9.38.